The fourth-order valence-corrected chi connectivity index (χ4v) is 5.56. The standard InChI is InChI=1S/C31H36ClFN2O8S/c1-4-42-27-9-8-20(43-21-10-11-41-15-21)12-19(27)13-28(37)35-30(18(2)3)31(40)34-25(14-29(38)39)26(36)17-44-16-22-23(32)6-5-7-24(22)33/h5-9,12,14,18,21,30H,4,10-11,13,15-17H2,1-3H3,(H,34,40)(H,35,37)(H,38,39)/b25-14+/t21?,30-/m0/s1. The van der Waals surface area contributed by atoms with Gasteiger partial charge < -0.3 is 30.0 Å². The average molecular weight is 651 g/mol. The van der Waals surface area contributed by atoms with Crippen LogP contribution in [0.4, 0.5) is 4.39 Å². The maximum absolute atomic E-state index is 14.1. The minimum Gasteiger partial charge on any atom is -0.494 e. The molecule has 3 rings (SSSR count). The summed E-state index contributed by atoms with van der Waals surface area (Å²) >= 11 is 7.04. The van der Waals surface area contributed by atoms with E-state index in [1.165, 1.54) is 18.2 Å². The quantitative estimate of drug-likeness (QED) is 0.227. The third kappa shape index (κ3) is 10.5. The van der Waals surface area contributed by atoms with Gasteiger partial charge in [-0.15, -0.1) is 11.8 Å². The zero-order valence-electron chi connectivity index (χ0n) is 24.7. The molecule has 0 radical (unpaired) electrons. The van der Waals surface area contributed by atoms with Gasteiger partial charge in [0.05, 0.1) is 43.8 Å². The van der Waals surface area contributed by atoms with Gasteiger partial charge in [0.1, 0.15) is 29.5 Å². The van der Waals surface area contributed by atoms with E-state index >= 15 is 0 Å². The van der Waals surface area contributed by atoms with Gasteiger partial charge in [-0.05, 0) is 43.2 Å². The summed E-state index contributed by atoms with van der Waals surface area (Å²) in [5.74, 6) is -3.49. The van der Waals surface area contributed by atoms with E-state index in [4.69, 9.17) is 25.8 Å². The number of carbonyl (C=O) groups is 4. The van der Waals surface area contributed by atoms with Crippen LogP contribution >= 0.6 is 23.4 Å². The molecule has 0 aliphatic carbocycles. The van der Waals surface area contributed by atoms with E-state index in [1.807, 2.05) is 6.92 Å². The van der Waals surface area contributed by atoms with Crippen molar-refractivity contribution in [3.63, 3.8) is 0 Å². The van der Waals surface area contributed by atoms with Crippen molar-refractivity contribution in [2.75, 3.05) is 25.6 Å². The average Bonchev–Trinajstić information content (AvgIpc) is 3.47. The highest BCUT2D eigenvalue weighted by Crippen LogP contribution is 2.27. The smallest absolute Gasteiger partial charge is 0.330 e. The molecule has 10 nitrogen and oxygen atoms in total. The number of aliphatic carboxylic acids is 1. The van der Waals surface area contributed by atoms with E-state index in [9.17, 15) is 28.7 Å². The Labute approximate surface area is 264 Å². The van der Waals surface area contributed by atoms with Crippen molar-refractivity contribution in [3.05, 3.63) is 70.1 Å². The molecule has 1 fully saturated rings. The number of amides is 2. The Morgan fingerprint density at radius 1 is 1.23 bits per heavy atom. The number of carboxylic acid groups (broad SMARTS) is 1. The summed E-state index contributed by atoms with van der Waals surface area (Å²) in [7, 11) is 0. The first kappa shape index (κ1) is 34.9. The van der Waals surface area contributed by atoms with E-state index < -0.39 is 47.0 Å². The lowest BCUT2D eigenvalue weighted by Gasteiger charge is -2.23. The number of thioether (sulfide) groups is 1. The number of ether oxygens (including phenoxy) is 3. The molecule has 1 unspecified atom stereocenters. The predicted molar refractivity (Wildman–Crippen MR) is 164 cm³/mol. The zero-order valence-corrected chi connectivity index (χ0v) is 26.3. The number of rotatable bonds is 16. The van der Waals surface area contributed by atoms with E-state index in [0.717, 1.165) is 18.2 Å². The van der Waals surface area contributed by atoms with Gasteiger partial charge in [-0.3, -0.25) is 14.4 Å². The van der Waals surface area contributed by atoms with E-state index in [0.29, 0.717) is 43.0 Å². The van der Waals surface area contributed by atoms with Crippen molar-refractivity contribution in [1.82, 2.24) is 10.6 Å². The maximum Gasteiger partial charge on any atom is 0.330 e. The first-order chi connectivity index (χ1) is 21.0. The van der Waals surface area contributed by atoms with Gasteiger partial charge in [0.25, 0.3) is 0 Å². The minimum atomic E-state index is -1.45. The number of nitrogens with one attached hydrogen (secondary N) is 2. The molecule has 2 aromatic carbocycles. The maximum atomic E-state index is 14.1. The molecule has 1 aliphatic heterocycles. The highest BCUT2D eigenvalue weighted by Gasteiger charge is 2.27. The summed E-state index contributed by atoms with van der Waals surface area (Å²) < 4.78 is 31.1. The summed E-state index contributed by atoms with van der Waals surface area (Å²) in [5.41, 5.74) is 0.297. The minimum absolute atomic E-state index is 0.0562. The Hall–Kier alpha value is -3.61. The molecule has 1 aliphatic rings. The first-order valence-corrected chi connectivity index (χ1v) is 15.6. The Morgan fingerprint density at radius 3 is 2.64 bits per heavy atom. The number of allylic oxidation sites excluding steroid dienone is 1. The summed E-state index contributed by atoms with van der Waals surface area (Å²) in [6.07, 6.45) is 1.13. The molecular weight excluding hydrogens is 615 g/mol. The lowest BCUT2D eigenvalue weighted by Crippen LogP contribution is -2.50. The third-order valence-electron chi connectivity index (χ3n) is 6.51. The molecule has 2 aromatic rings. The second-order valence-corrected chi connectivity index (χ2v) is 11.7. The molecule has 2 atom stereocenters. The molecule has 0 spiro atoms. The molecule has 44 heavy (non-hydrogen) atoms. The number of halogens is 2. The van der Waals surface area contributed by atoms with E-state index in [1.54, 1.807) is 32.0 Å². The molecule has 0 bridgehead atoms. The third-order valence-corrected chi connectivity index (χ3v) is 7.82. The number of benzene rings is 2. The van der Waals surface area contributed by atoms with Crippen LogP contribution in [0.3, 0.4) is 0 Å². The van der Waals surface area contributed by atoms with Crippen molar-refractivity contribution in [3.8, 4) is 11.5 Å². The van der Waals surface area contributed by atoms with Crippen LogP contribution in [0, 0.1) is 11.7 Å². The van der Waals surface area contributed by atoms with Crippen LogP contribution in [0.25, 0.3) is 0 Å². The van der Waals surface area contributed by atoms with Crippen LogP contribution in [-0.4, -0.2) is 66.4 Å². The highest BCUT2D eigenvalue weighted by molar-refractivity contribution is 7.99. The number of carbonyl (C=O) groups excluding carboxylic acids is 3. The van der Waals surface area contributed by atoms with E-state index in [-0.39, 0.29) is 34.6 Å². The molecule has 2 amide bonds. The summed E-state index contributed by atoms with van der Waals surface area (Å²) in [6.45, 7) is 6.69. The van der Waals surface area contributed by atoms with Crippen molar-refractivity contribution in [2.24, 2.45) is 5.92 Å². The van der Waals surface area contributed by atoms with Crippen LogP contribution in [0.5, 0.6) is 11.5 Å². The predicted octanol–water partition coefficient (Wildman–Crippen LogP) is 4.32. The van der Waals surface area contributed by atoms with Gasteiger partial charge in [0.15, 0.2) is 5.78 Å². The number of carboxylic acids is 1. The topological polar surface area (TPSA) is 140 Å². The summed E-state index contributed by atoms with van der Waals surface area (Å²) in [6, 6.07) is 8.32. The molecule has 238 valence electrons. The molecule has 1 saturated heterocycles. The van der Waals surface area contributed by atoms with Crippen molar-refractivity contribution in [1.29, 1.82) is 0 Å². The fraction of sp³-hybridized carbons (Fsp3) is 0.419. The largest absolute Gasteiger partial charge is 0.494 e. The Kier molecular flexibility index (Phi) is 13.5. The number of hydrogen-bond acceptors (Lipinski definition) is 8. The number of hydrogen-bond donors (Lipinski definition) is 3. The van der Waals surface area contributed by atoms with Gasteiger partial charge >= 0.3 is 5.97 Å². The van der Waals surface area contributed by atoms with Gasteiger partial charge in [0, 0.05) is 28.3 Å². The van der Waals surface area contributed by atoms with Gasteiger partial charge in [0.2, 0.25) is 11.8 Å². The second kappa shape index (κ2) is 17.0. The number of Topliss-reactive ketones (excluding diaryl/α,β-unsaturated/α-hetero) is 1. The van der Waals surface area contributed by atoms with Crippen molar-refractivity contribution < 1.29 is 42.9 Å². The van der Waals surface area contributed by atoms with Gasteiger partial charge in [-0.2, -0.15) is 0 Å². The van der Waals surface area contributed by atoms with E-state index in [2.05, 4.69) is 10.6 Å². The molecular formula is C31H36ClFN2O8S. The Morgan fingerprint density at radius 2 is 2.00 bits per heavy atom. The van der Waals surface area contributed by atoms with Crippen LogP contribution in [0.15, 0.2) is 48.2 Å². The SMILES string of the molecule is CCOc1ccc(OC2CCOC2)cc1CC(=O)N[C@H](C(=O)N/C(=C/C(=O)O)C(=O)CSCc1c(F)cccc1Cl)C(C)C. The second-order valence-electron chi connectivity index (χ2n) is 10.3. The Balaban J connectivity index is 1.67. The van der Waals surface area contributed by atoms with Crippen LogP contribution in [-0.2, 0) is 36.1 Å². The first-order valence-electron chi connectivity index (χ1n) is 14.1. The summed E-state index contributed by atoms with van der Waals surface area (Å²) in [5, 5.41) is 14.6. The van der Waals surface area contributed by atoms with Crippen LogP contribution < -0.4 is 20.1 Å². The monoisotopic (exact) mass is 650 g/mol. The van der Waals surface area contributed by atoms with Gasteiger partial charge in [-0.1, -0.05) is 31.5 Å². The molecule has 0 aromatic heterocycles. The molecule has 1 heterocycles. The number of ketones is 1. The zero-order chi connectivity index (χ0) is 32.2. The molecule has 3 N–H and O–H groups in total. The normalized spacial score (nSPS) is 15.5. The lowest BCUT2D eigenvalue weighted by atomic mass is 10.0. The van der Waals surface area contributed by atoms with Crippen molar-refractivity contribution in [2.45, 2.75) is 51.5 Å². The highest BCUT2D eigenvalue weighted by atomic mass is 35.5. The Bertz CT molecular complexity index is 1360. The fourth-order valence-electron chi connectivity index (χ4n) is 4.31. The van der Waals surface area contributed by atoms with Gasteiger partial charge in [-0.25, -0.2) is 9.18 Å². The van der Waals surface area contributed by atoms with Crippen molar-refractivity contribution >= 4 is 46.9 Å². The lowest BCUT2D eigenvalue weighted by molar-refractivity contribution is -0.132. The summed E-state index contributed by atoms with van der Waals surface area (Å²) in [4.78, 5) is 50.7. The molecule has 13 heteroatoms. The van der Waals surface area contributed by atoms with Crippen LogP contribution in [0.2, 0.25) is 5.02 Å². The van der Waals surface area contributed by atoms with Crippen LogP contribution in [0.1, 0.15) is 38.3 Å². The molecule has 0 saturated carbocycles.